The molecule has 0 unspecified atom stereocenters. The van der Waals surface area contributed by atoms with Crippen molar-refractivity contribution in [1.82, 2.24) is 10.2 Å². The van der Waals surface area contributed by atoms with Crippen LogP contribution in [-0.2, 0) is 15.0 Å². The number of carbonyl (C=O) groups excluding carboxylic acids is 2. The Morgan fingerprint density at radius 1 is 1.24 bits per heavy atom. The van der Waals surface area contributed by atoms with Crippen LogP contribution >= 0.6 is 0 Å². The van der Waals surface area contributed by atoms with Crippen LogP contribution in [0.3, 0.4) is 0 Å². The molecule has 1 aliphatic carbocycles. The minimum atomic E-state index is -0.209. The third kappa shape index (κ3) is 4.53. The van der Waals surface area contributed by atoms with Crippen LogP contribution in [0, 0.1) is 5.92 Å². The Hall–Kier alpha value is -2.04. The molecule has 2 aliphatic rings. The maximum Gasteiger partial charge on any atom is 0.225 e. The zero-order valence-corrected chi connectivity index (χ0v) is 15.4. The molecule has 1 N–H and O–H groups in total. The summed E-state index contributed by atoms with van der Waals surface area (Å²) in [7, 11) is 0. The second-order valence-corrected chi connectivity index (χ2v) is 8.09. The summed E-state index contributed by atoms with van der Waals surface area (Å²) in [6.45, 7) is 7.98. The maximum atomic E-state index is 12.2. The first-order valence-corrected chi connectivity index (χ1v) is 9.15. The van der Waals surface area contributed by atoms with Gasteiger partial charge in [-0.2, -0.15) is 0 Å². The molecule has 1 saturated carbocycles. The van der Waals surface area contributed by atoms with Crippen LogP contribution in [0.25, 0.3) is 0 Å². The summed E-state index contributed by atoms with van der Waals surface area (Å²) < 4.78 is 5.69. The van der Waals surface area contributed by atoms with E-state index in [4.69, 9.17) is 4.74 Å². The quantitative estimate of drug-likeness (QED) is 0.807. The second kappa shape index (κ2) is 7.06. The average Bonchev–Trinajstić information content (AvgIpc) is 3.33. The van der Waals surface area contributed by atoms with E-state index in [1.54, 1.807) is 0 Å². The molecule has 5 nitrogen and oxygen atoms in total. The number of likely N-dealkylation sites (tertiary alicyclic amines) is 1. The van der Waals surface area contributed by atoms with Gasteiger partial charge in [0.2, 0.25) is 11.8 Å². The molecule has 2 fully saturated rings. The molecule has 0 aromatic heterocycles. The first-order chi connectivity index (χ1) is 11.8. The molecule has 0 spiro atoms. The molecule has 1 aliphatic heterocycles. The van der Waals surface area contributed by atoms with E-state index < -0.39 is 0 Å². The van der Waals surface area contributed by atoms with Gasteiger partial charge in [0.25, 0.3) is 0 Å². The Morgan fingerprint density at radius 2 is 1.92 bits per heavy atom. The van der Waals surface area contributed by atoms with E-state index in [0.29, 0.717) is 32.2 Å². The van der Waals surface area contributed by atoms with Gasteiger partial charge in [-0.3, -0.25) is 9.59 Å². The Bertz CT molecular complexity index is 629. The molecule has 136 valence electrons. The number of amides is 2. The lowest BCUT2D eigenvalue weighted by Crippen LogP contribution is -2.35. The zero-order valence-electron chi connectivity index (χ0n) is 15.4. The van der Waals surface area contributed by atoms with Crippen molar-refractivity contribution in [3.05, 3.63) is 29.8 Å². The van der Waals surface area contributed by atoms with E-state index in [2.05, 4.69) is 38.2 Å². The summed E-state index contributed by atoms with van der Waals surface area (Å²) in [5.74, 6) is 0.679. The van der Waals surface area contributed by atoms with Gasteiger partial charge in [0.15, 0.2) is 0 Å². The van der Waals surface area contributed by atoms with Crippen molar-refractivity contribution in [2.45, 2.75) is 51.5 Å². The predicted molar refractivity (Wildman–Crippen MR) is 96.5 cm³/mol. The van der Waals surface area contributed by atoms with E-state index in [-0.39, 0.29) is 23.1 Å². The second-order valence-electron chi connectivity index (χ2n) is 8.09. The number of hydrogen-bond acceptors (Lipinski definition) is 3. The number of carbonyl (C=O) groups is 2. The fraction of sp³-hybridized carbons (Fsp3) is 0.600. The van der Waals surface area contributed by atoms with E-state index >= 15 is 0 Å². The van der Waals surface area contributed by atoms with E-state index in [0.717, 1.165) is 18.6 Å². The maximum absolute atomic E-state index is 12.2. The molecule has 5 heteroatoms. The minimum Gasteiger partial charge on any atom is -0.492 e. The molecule has 1 aromatic carbocycles. The summed E-state index contributed by atoms with van der Waals surface area (Å²) in [5, 5.41) is 2.89. The number of benzene rings is 1. The van der Waals surface area contributed by atoms with Crippen molar-refractivity contribution in [2.24, 2.45) is 5.92 Å². The van der Waals surface area contributed by atoms with E-state index in [9.17, 15) is 9.59 Å². The zero-order chi connectivity index (χ0) is 18.0. The van der Waals surface area contributed by atoms with Crippen LogP contribution in [0.15, 0.2) is 24.3 Å². The third-order valence-corrected chi connectivity index (χ3v) is 4.91. The van der Waals surface area contributed by atoms with Crippen LogP contribution in [0.2, 0.25) is 0 Å². The van der Waals surface area contributed by atoms with Crippen molar-refractivity contribution in [3.8, 4) is 5.75 Å². The van der Waals surface area contributed by atoms with Crippen molar-refractivity contribution in [3.63, 3.8) is 0 Å². The van der Waals surface area contributed by atoms with Gasteiger partial charge in [0.1, 0.15) is 12.4 Å². The van der Waals surface area contributed by atoms with Crippen molar-refractivity contribution < 1.29 is 14.3 Å². The third-order valence-electron chi connectivity index (χ3n) is 4.91. The number of nitrogens with zero attached hydrogens (tertiary/aromatic N) is 1. The number of ether oxygens (including phenoxy) is 1. The highest BCUT2D eigenvalue weighted by atomic mass is 16.5. The fourth-order valence-corrected chi connectivity index (χ4v) is 3.18. The van der Waals surface area contributed by atoms with Gasteiger partial charge in [0, 0.05) is 19.0 Å². The lowest BCUT2D eigenvalue weighted by Gasteiger charge is -2.19. The lowest BCUT2D eigenvalue weighted by atomic mass is 9.87. The SMILES string of the molecule is CC(C)(C)c1ccc(OCCNC(=O)[C@H]2CC(=O)N(C3CC3)C2)cc1. The van der Waals surface area contributed by atoms with Crippen LogP contribution < -0.4 is 10.1 Å². The van der Waals surface area contributed by atoms with E-state index in [1.807, 2.05) is 17.0 Å². The van der Waals surface area contributed by atoms with Crippen LogP contribution in [0.5, 0.6) is 5.75 Å². The summed E-state index contributed by atoms with van der Waals surface area (Å²) >= 11 is 0. The molecule has 25 heavy (non-hydrogen) atoms. The Labute approximate surface area is 149 Å². The normalized spacial score (nSPS) is 20.7. The Balaban J connectivity index is 1.38. The minimum absolute atomic E-state index is 0.0387. The molecule has 1 atom stereocenters. The van der Waals surface area contributed by atoms with Crippen molar-refractivity contribution in [1.29, 1.82) is 0 Å². The summed E-state index contributed by atoms with van der Waals surface area (Å²) in [6.07, 6.45) is 2.52. The van der Waals surface area contributed by atoms with Gasteiger partial charge < -0.3 is 15.0 Å². The fourth-order valence-electron chi connectivity index (χ4n) is 3.18. The van der Waals surface area contributed by atoms with Gasteiger partial charge in [-0.15, -0.1) is 0 Å². The molecule has 1 heterocycles. The molecule has 0 radical (unpaired) electrons. The van der Waals surface area contributed by atoms with E-state index in [1.165, 1.54) is 5.56 Å². The van der Waals surface area contributed by atoms with Crippen LogP contribution in [0.1, 0.15) is 45.6 Å². The number of rotatable bonds is 6. The summed E-state index contributed by atoms with van der Waals surface area (Å²) in [4.78, 5) is 26.0. The summed E-state index contributed by atoms with van der Waals surface area (Å²) in [6, 6.07) is 8.47. The van der Waals surface area contributed by atoms with Gasteiger partial charge >= 0.3 is 0 Å². The van der Waals surface area contributed by atoms with Gasteiger partial charge in [-0.05, 0) is 36.0 Å². The predicted octanol–water partition coefficient (Wildman–Crippen LogP) is 2.49. The van der Waals surface area contributed by atoms with Crippen molar-refractivity contribution >= 4 is 11.8 Å². The smallest absolute Gasteiger partial charge is 0.225 e. The van der Waals surface area contributed by atoms with Crippen LogP contribution in [0.4, 0.5) is 0 Å². The summed E-state index contributed by atoms with van der Waals surface area (Å²) in [5.41, 5.74) is 1.39. The first kappa shape index (κ1) is 17.8. The molecule has 1 aromatic rings. The van der Waals surface area contributed by atoms with Gasteiger partial charge in [-0.25, -0.2) is 0 Å². The lowest BCUT2D eigenvalue weighted by molar-refractivity contribution is -0.129. The molecule has 0 bridgehead atoms. The molecular formula is C20H28N2O3. The van der Waals surface area contributed by atoms with Crippen LogP contribution in [-0.4, -0.2) is 42.5 Å². The molecule has 3 rings (SSSR count). The van der Waals surface area contributed by atoms with Gasteiger partial charge in [-0.1, -0.05) is 32.9 Å². The molecular weight excluding hydrogens is 316 g/mol. The Kier molecular flexibility index (Phi) is 5.02. The molecule has 2 amide bonds. The highest BCUT2D eigenvalue weighted by Gasteiger charge is 2.41. The topological polar surface area (TPSA) is 58.6 Å². The highest BCUT2D eigenvalue weighted by Crippen LogP contribution is 2.32. The first-order valence-electron chi connectivity index (χ1n) is 9.15. The monoisotopic (exact) mass is 344 g/mol. The number of nitrogens with one attached hydrogen (secondary N) is 1. The van der Waals surface area contributed by atoms with Gasteiger partial charge in [0.05, 0.1) is 12.5 Å². The average molecular weight is 344 g/mol. The Morgan fingerprint density at radius 3 is 2.52 bits per heavy atom. The standard InChI is InChI=1S/C20H28N2O3/c1-20(2,3)15-4-8-17(9-5-15)25-11-10-21-19(24)14-12-18(23)22(13-14)16-6-7-16/h4-5,8-9,14,16H,6-7,10-13H2,1-3H3,(H,21,24)/t14-/m0/s1. The highest BCUT2D eigenvalue weighted by molar-refractivity contribution is 5.89. The van der Waals surface area contributed by atoms with Crippen molar-refractivity contribution in [2.75, 3.05) is 19.7 Å². The molecule has 1 saturated heterocycles. The largest absolute Gasteiger partial charge is 0.492 e. The number of hydrogen-bond donors (Lipinski definition) is 1.